The lowest BCUT2D eigenvalue weighted by molar-refractivity contribution is 0.559. The van der Waals surface area contributed by atoms with Crippen molar-refractivity contribution in [1.82, 2.24) is 0 Å². The summed E-state index contributed by atoms with van der Waals surface area (Å²) in [5, 5.41) is 0. The smallest absolute Gasteiger partial charge is 0.131 e. The Balaban J connectivity index is 2.05. The summed E-state index contributed by atoms with van der Waals surface area (Å²) < 4.78 is 42.2. The first-order chi connectivity index (χ1) is 11.1. The molecule has 0 nitrogen and oxygen atoms in total. The fourth-order valence-corrected chi connectivity index (χ4v) is 2.66. The third-order valence-corrected chi connectivity index (χ3v) is 3.88. The van der Waals surface area contributed by atoms with Gasteiger partial charge in [-0.2, -0.15) is 0 Å². The Morgan fingerprint density at radius 1 is 0.652 bits per heavy atom. The molecule has 0 saturated heterocycles. The molecule has 0 aromatic heterocycles. The minimum Gasteiger partial charge on any atom is -0.207 e. The highest BCUT2D eigenvalue weighted by Gasteiger charge is 2.13. The first-order valence-electron chi connectivity index (χ1n) is 7.43. The van der Waals surface area contributed by atoms with E-state index in [0.29, 0.717) is 0 Å². The van der Waals surface area contributed by atoms with Crippen LogP contribution in [-0.4, -0.2) is 0 Å². The van der Waals surface area contributed by atoms with E-state index in [1.165, 1.54) is 18.2 Å². The van der Waals surface area contributed by atoms with Crippen molar-refractivity contribution in [3.8, 4) is 22.3 Å². The molecule has 0 aliphatic heterocycles. The van der Waals surface area contributed by atoms with Gasteiger partial charge in [-0.3, -0.25) is 0 Å². The quantitative estimate of drug-likeness (QED) is 0.556. The van der Waals surface area contributed by atoms with Gasteiger partial charge in [0.25, 0.3) is 0 Å². The maximum atomic E-state index is 14.4. The minimum absolute atomic E-state index is 0.0232. The molecule has 0 radical (unpaired) electrons. The largest absolute Gasteiger partial charge is 0.207 e. The summed E-state index contributed by atoms with van der Waals surface area (Å²) in [4.78, 5) is 0. The zero-order valence-electron chi connectivity index (χ0n) is 12.6. The summed E-state index contributed by atoms with van der Waals surface area (Å²) in [5.74, 6) is -1.79. The minimum atomic E-state index is -0.644. The average Bonchev–Trinajstić information content (AvgIpc) is 2.55. The molecule has 0 heterocycles. The van der Waals surface area contributed by atoms with E-state index in [-0.39, 0.29) is 23.1 Å². The van der Waals surface area contributed by atoms with Crippen LogP contribution < -0.4 is 0 Å². The van der Waals surface area contributed by atoms with Crippen molar-refractivity contribution in [3.05, 3.63) is 83.7 Å². The predicted octanol–water partition coefficient (Wildman–Crippen LogP) is 6.00. The van der Waals surface area contributed by atoms with Crippen LogP contribution in [0.2, 0.25) is 0 Å². The summed E-state index contributed by atoms with van der Waals surface area (Å²) in [7, 11) is 0. The predicted molar refractivity (Wildman–Crippen MR) is 86.6 cm³/mol. The lowest BCUT2D eigenvalue weighted by Gasteiger charge is -2.09. The van der Waals surface area contributed by atoms with Gasteiger partial charge in [0, 0.05) is 11.1 Å². The maximum Gasteiger partial charge on any atom is 0.131 e. The molecule has 116 valence electrons. The summed E-state index contributed by atoms with van der Waals surface area (Å²) in [5.41, 5.74) is 2.02. The Morgan fingerprint density at radius 2 is 1.26 bits per heavy atom. The number of benzene rings is 3. The van der Waals surface area contributed by atoms with Gasteiger partial charge in [-0.15, -0.1) is 0 Å². The van der Waals surface area contributed by atoms with Crippen LogP contribution in [0.3, 0.4) is 0 Å². The van der Waals surface area contributed by atoms with Gasteiger partial charge in [-0.1, -0.05) is 49.4 Å². The molecule has 0 amide bonds. The van der Waals surface area contributed by atoms with Crippen LogP contribution in [0.5, 0.6) is 0 Å². The summed E-state index contributed by atoms with van der Waals surface area (Å²) in [6.45, 7) is 1.68. The number of hydrogen-bond donors (Lipinski definition) is 0. The highest BCUT2D eigenvalue weighted by Crippen LogP contribution is 2.30. The monoisotopic (exact) mass is 312 g/mol. The molecule has 0 fully saturated rings. The SMILES string of the molecule is CCc1c(F)cc(-c2ccc(-c3ccccc3)cc2F)cc1F. The lowest BCUT2D eigenvalue weighted by atomic mass is 9.98. The van der Waals surface area contributed by atoms with Crippen LogP contribution in [0.1, 0.15) is 12.5 Å². The second-order valence-electron chi connectivity index (χ2n) is 5.33. The Kier molecular flexibility index (Phi) is 4.20. The van der Waals surface area contributed by atoms with Crippen molar-refractivity contribution in [1.29, 1.82) is 0 Å². The van der Waals surface area contributed by atoms with Gasteiger partial charge in [0.1, 0.15) is 17.5 Å². The average molecular weight is 312 g/mol. The molecule has 0 atom stereocenters. The highest BCUT2D eigenvalue weighted by molar-refractivity contribution is 5.71. The zero-order valence-corrected chi connectivity index (χ0v) is 12.6. The molecule has 0 bridgehead atoms. The number of rotatable bonds is 3. The van der Waals surface area contributed by atoms with Gasteiger partial charge in [0.05, 0.1) is 0 Å². The van der Waals surface area contributed by atoms with Crippen LogP contribution in [0.25, 0.3) is 22.3 Å². The molecular weight excluding hydrogens is 297 g/mol. The molecule has 3 aromatic rings. The van der Waals surface area contributed by atoms with E-state index in [4.69, 9.17) is 0 Å². The second kappa shape index (κ2) is 6.29. The molecule has 0 aliphatic rings. The normalized spacial score (nSPS) is 10.8. The van der Waals surface area contributed by atoms with Gasteiger partial charge in [0.15, 0.2) is 0 Å². The fourth-order valence-electron chi connectivity index (χ4n) is 2.66. The van der Waals surface area contributed by atoms with E-state index in [0.717, 1.165) is 11.1 Å². The van der Waals surface area contributed by atoms with Crippen molar-refractivity contribution in [2.75, 3.05) is 0 Å². The molecule has 3 rings (SSSR count). The van der Waals surface area contributed by atoms with E-state index < -0.39 is 17.5 Å². The van der Waals surface area contributed by atoms with Crippen molar-refractivity contribution >= 4 is 0 Å². The van der Waals surface area contributed by atoms with E-state index >= 15 is 0 Å². The van der Waals surface area contributed by atoms with Gasteiger partial charge >= 0.3 is 0 Å². The molecule has 0 spiro atoms. The highest BCUT2D eigenvalue weighted by atomic mass is 19.1. The van der Waals surface area contributed by atoms with E-state index in [2.05, 4.69) is 0 Å². The lowest BCUT2D eigenvalue weighted by Crippen LogP contribution is -1.96. The van der Waals surface area contributed by atoms with Crippen molar-refractivity contribution in [2.24, 2.45) is 0 Å². The third-order valence-electron chi connectivity index (χ3n) is 3.88. The van der Waals surface area contributed by atoms with Crippen molar-refractivity contribution in [3.63, 3.8) is 0 Å². The van der Waals surface area contributed by atoms with Crippen LogP contribution in [0, 0.1) is 17.5 Å². The van der Waals surface area contributed by atoms with Gasteiger partial charge in [0.2, 0.25) is 0 Å². The molecule has 3 heteroatoms. The Hall–Kier alpha value is -2.55. The first-order valence-corrected chi connectivity index (χ1v) is 7.43. The van der Waals surface area contributed by atoms with Crippen LogP contribution in [-0.2, 0) is 6.42 Å². The van der Waals surface area contributed by atoms with Crippen molar-refractivity contribution in [2.45, 2.75) is 13.3 Å². The Labute approximate surface area is 133 Å². The van der Waals surface area contributed by atoms with E-state index in [1.54, 1.807) is 19.1 Å². The van der Waals surface area contributed by atoms with Gasteiger partial charge in [-0.05, 0) is 41.3 Å². The maximum absolute atomic E-state index is 14.4. The molecular formula is C20H15F3. The molecule has 0 saturated carbocycles. The van der Waals surface area contributed by atoms with Crippen LogP contribution in [0.15, 0.2) is 60.7 Å². The van der Waals surface area contributed by atoms with Gasteiger partial charge < -0.3 is 0 Å². The van der Waals surface area contributed by atoms with Crippen LogP contribution >= 0.6 is 0 Å². The summed E-state index contributed by atoms with van der Waals surface area (Å²) in [6, 6.07) is 16.4. The van der Waals surface area contributed by atoms with Crippen LogP contribution in [0.4, 0.5) is 13.2 Å². The second-order valence-corrected chi connectivity index (χ2v) is 5.33. The molecule has 3 aromatic carbocycles. The van der Waals surface area contributed by atoms with Gasteiger partial charge in [-0.25, -0.2) is 13.2 Å². The summed E-state index contributed by atoms with van der Waals surface area (Å²) >= 11 is 0. The standard InChI is InChI=1S/C20H15F3/c1-2-16-18(21)11-15(12-19(16)22)17-9-8-14(10-20(17)23)13-6-4-3-5-7-13/h3-12H,2H2,1H3. The number of halogens is 3. The Bertz CT molecular complexity index is 816. The molecule has 23 heavy (non-hydrogen) atoms. The van der Waals surface area contributed by atoms with Crippen molar-refractivity contribution < 1.29 is 13.2 Å². The Morgan fingerprint density at radius 3 is 1.83 bits per heavy atom. The topological polar surface area (TPSA) is 0 Å². The molecule has 0 aliphatic carbocycles. The third kappa shape index (κ3) is 3.00. The van der Waals surface area contributed by atoms with E-state index in [1.807, 2.05) is 30.3 Å². The van der Waals surface area contributed by atoms with E-state index in [9.17, 15) is 13.2 Å². The molecule has 0 N–H and O–H groups in total. The fraction of sp³-hybridized carbons (Fsp3) is 0.100. The molecule has 0 unspecified atom stereocenters. The number of hydrogen-bond acceptors (Lipinski definition) is 0. The first kappa shape index (κ1) is 15.3. The zero-order chi connectivity index (χ0) is 16.4. The summed E-state index contributed by atoms with van der Waals surface area (Å²) in [6.07, 6.45) is 0.257.